The third kappa shape index (κ3) is 6.44. The zero-order valence-electron chi connectivity index (χ0n) is 10.1. The second kappa shape index (κ2) is 8.74. The molecule has 1 rings (SSSR count). The maximum Gasteiger partial charge on any atom is 0.246 e. The van der Waals surface area contributed by atoms with Crippen molar-refractivity contribution in [3.05, 3.63) is 29.3 Å². The molecule has 0 radical (unpaired) electrons. The van der Waals surface area contributed by atoms with Crippen molar-refractivity contribution < 1.29 is 19.1 Å². The van der Waals surface area contributed by atoms with Gasteiger partial charge in [0.05, 0.1) is 26.2 Å². The summed E-state index contributed by atoms with van der Waals surface area (Å²) in [5.41, 5.74) is 2.29. The summed E-state index contributed by atoms with van der Waals surface area (Å²) in [7, 11) is 1.56. The average molecular weight is 274 g/mol. The summed E-state index contributed by atoms with van der Waals surface area (Å²) >= 11 is 5.79. The van der Waals surface area contributed by atoms with E-state index in [-0.39, 0.29) is 18.9 Å². The van der Waals surface area contributed by atoms with Crippen LogP contribution >= 0.6 is 11.6 Å². The van der Waals surface area contributed by atoms with Crippen molar-refractivity contribution in [2.45, 2.75) is 6.42 Å². The molecular weight excluding hydrogens is 258 g/mol. The van der Waals surface area contributed by atoms with Crippen LogP contribution < -0.4 is 10.2 Å². The molecule has 0 fully saturated rings. The third-order valence-electron chi connectivity index (χ3n) is 1.97. The van der Waals surface area contributed by atoms with Gasteiger partial charge in [-0.3, -0.25) is 9.63 Å². The summed E-state index contributed by atoms with van der Waals surface area (Å²) in [6, 6.07) is 7.00. The lowest BCUT2D eigenvalue weighted by Gasteiger charge is -2.07. The minimum Gasteiger partial charge on any atom is -0.493 e. The van der Waals surface area contributed by atoms with Gasteiger partial charge in [0.2, 0.25) is 5.91 Å². The number of carbonyl (C=O) groups is 1. The molecule has 0 spiro atoms. The Labute approximate surface area is 111 Å². The molecule has 0 aliphatic rings. The molecule has 0 unspecified atom stereocenters. The van der Waals surface area contributed by atoms with Gasteiger partial charge in [0.15, 0.2) is 0 Å². The highest BCUT2D eigenvalue weighted by atomic mass is 35.5. The third-order valence-corrected chi connectivity index (χ3v) is 2.20. The van der Waals surface area contributed by atoms with Crippen LogP contribution in [0.15, 0.2) is 24.3 Å². The monoisotopic (exact) mass is 273 g/mol. The molecule has 1 aromatic carbocycles. The number of methoxy groups -OCH3 is 1. The van der Waals surface area contributed by atoms with Crippen molar-refractivity contribution in [3.63, 3.8) is 0 Å². The number of carbonyl (C=O) groups excluding carboxylic acids is 1. The lowest BCUT2D eigenvalue weighted by molar-refractivity contribution is -0.135. The number of hydrogen-bond acceptors (Lipinski definition) is 4. The van der Waals surface area contributed by atoms with Gasteiger partial charge in [0, 0.05) is 12.1 Å². The van der Waals surface area contributed by atoms with Crippen molar-refractivity contribution in [1.29, 1.82) is 0 Å². The second-order valence-electron chi connectivity index (χ2n) is 3.42. The van der Waals surface area contributed by atoms with E-state index in [1.807, 2.05) is 0 Å². The molecule has 1 N–H and O–H groups in total. The summed E-state index contributed by atoms with van der Waals surface area (Å²) in [6.07, 6.45) is 0.208. The van der Waals surface area contributed by atoms with Crippen LogP contribution in [-0.4, -0.2) is 32.8 Å². The van der Waals surface area contributed by atoms with Crippen molar-refractivity contribution in [1.82, 2.24) is 5.48 Å². The Bertz CT molecular complexity index is 373. The van der Waals surface area contributed by atoms with E-state index in [4.69, 9.17) is 25.9 Å². The summed E-state index contributed by atoms with van der Waals surface area (Å²) in [5, 5.41) is 0.597. The van der Waals surface area contributed by atoms with Crippen molar-refractivity contribution in [3.8, 4) is 5.75 Å². The van der Waals surface area contributed by atoms with Gasteiger partial charge in [-0.2, -0.15) is 0 Å². The number of benzene rings is 1. The SMILES string of the molecule is COCCONC(=O)CCOc1cccc(Cl)c1. The number of halogens is 1. The topological polar surface area (TPSA) is 56.8 Å². The molecule has 0 aliphatic heterocycles. The van der Waals surface area contributed by atoms with Crippen LogP contribution in [0.4, 0.5) is 0 Å². The molecule has 18 heavy (non-hydrogen) atoms. The van der Waals surface area contributed by atoms with E-state index in [0.29, 0.717) is 24.0 Å². The molecule has 5 nitrogen and oxygen atoms in total. The van der Waals surface area contributed by atoms with Gasteiger partial charge in [0.25, 0.3) is 0 Å². The lowest BCUT2D eigenvalue weighted by Crippen LogP contribution is -2.26. The number of amides is 1. The van der Waals surface area contributed by atoms with Crippen LogP contribution in [0.25, 0.3) is 0 Å². The number of hydroxylamine groups is 1. The van der Waals surface area contributed by atoms with Crippen molar-refractivity contribution >= 4 is 17.5 Å². The highest BCUT2D eigenvalue weighted by Crippen LogP contribution is 2.16. The van der Waals surface area contributed by atoms with E-state index in [1.165, 1.54) is 0 Å². The quantitative estimate of drug-likeness (QED) is 0.580. The first-order chi connectivity index (χ1) is 8.72. The number of ether oxygens (including phenoxy) is 2. The van der Waals surface area contributed by atoms with Crippen LogP contribution in [-0.2, 0) is 14.4 Å². The molecule has 0 saturated carbocycles. The predicted octanol–water partition coefficient (Wildman–Crippen LogP) is 1.80. The molecule has 1 aromatic rings. The first kappa shape index (κ1) is 14.8. The Morgan fingerprint density at radius 1 is 1.33 bits per heavy atom. The van der Waals surface area contributed by atoms with Gasteiger partial charge in [-0.1, -0.05) is 17.7 Å². The largest absolute Gasteiger partial charge is 0.493 e. The fourth-order valence-electron chi connectivity index (χ4n) is 1.13. The maximum atomic E-state index is 11.3. The smallest absolute Gasteiger partial charge is 0.246 e. The average Bonchev–Trinajstić information content (AvgIpc) is 2.35. The van der Waals surface area contributed by atoms with E-state index >= 15 is 0 Å². The standard InChI is InChI=1S/C12H16ClNO4/c1-16-7-8-18-14-12(15)5-6-17-11-4-2-3-10(13)9-11/h2-4,9H,5-8H2,1H3,(H,14,15). The molecule has 1 amide bonds. The molecule has 0 bridgehead atoms. The number of hydrogen-bond donors (Lipinski definition) is 1. The molecule has 0 aromatic heterocycles. The second-order valence-corrected chi connectivity index (χ2v) is 3.86. The summed E-state index contributed by atoms with van der Waals surface area (Å²) in [4.78, 5) is 16.1. The molecule has 0 heterocycles. The van der Waals surface area contributed by atoms with Crippen LogP contribution in [0.2, 0.25) is 5.02 Å². The number of rotatable bonds is 8. The van der Waals surface area contributed by atoms with Gasteiger partial charge < -0.3 is 9.47 Å². The highest BCUT2D eigenvalue weighted by molar-refractivity contribution is 6.30. The fraction of sp³-hybridized carbons (Fsp3) is 0.417. The van der Waals surface area contributed by atoms with Crippen LogP contribution in [0.1, 0.15) is 6.42 Å². The Balaban J connectivity index is 2.12. The van der Waals surface area contributed by atoms with Gasteiger partial charge >= 0.3 is 0 Å². The first-order valence-electron chi connectivity index (χ1n) is 5.50. The molecule has 0 atom stereocenters. The minimum absolute atomic E-state index is 0.208. The van der Waals surface area contributed by atoms with E-state index in [1.54, 1.807) is 31.4 Å². The minimum atomic E-state index is -0.242. The maximum absolute atomic E-state index is 11.3. The van der Waals surface area contributed by atoms with E-state index in [0.717, 1.165) is 0 Å². The zero-order chi connectivity index (χ0) is 13.2. The Kier molecular flexibility index (Phi) is 7.17. The Hall–Kier alpha value is -1.30. The summed E-state index contributed by atoms with van der Waals surface area (Å²) in [6.45, 7) is 1.01. The first-order valence-corrected chi connectivity index (χ1v) is 5.88. The van der Waals surface area contributed by atoms with E-state index < -0.39 is 0 Å². The number of nitrogens with one attached hydrogen (secondary N) is 1. The van der Waals surface area contributed by atoms with E-state index in [2.05, 4.69) is 5.48 Å². The zero-order valence-corrected chi connectivity index (χ0v) is 10.9. The van der Waals surface area contributed by atoms with Gasteiger partial charge in [0.1, 0.15) is 5.75 Å². The molecule has 0 aliphatic carbocycles. The fourth-order valence-corrected chi connectivity index (χ4v) is 1.31. The van der Waals surface area contributed by atoms with Gasteiger partial charge in [-0.15, -0.1) is 0 Å². The Morgan fingerprint density at radius 2 is 2.17 bits per heavy atom. The highest BCUT2D eigenvalue weighted by Gasteiger charge is 2.02. The van der Waals surface area contributed by atoms with Crippen molar-refractivity contribution in [2.24, 2.45) is 0 Å². The molecule has 6 heteroatoms. The van der Waals surface area contributed by atoms with Crippen LogP contribution in [0, 0.1) is 0 Å². The molecular formula is C12H16ClNO4. The predicted molar refractivity (Wildman–Crippen MR) is 67.5 cm³/mol. The molecule has 0 saturated heterocycles. The van der Waals surface area contributed by atoms with Crippen LogP contribution in [0.5, 0.6) is 5.75 Å². The van der Waals surface area contributed by atoms with E-state index in [9.17, 15) is 4.79 Å². The summed E-state index contributed by atoms with van der Waals surface area (Å²) < 4.78 is 10.1. The van der Waals surface area contributed by atoms with Crippen LogP contribution in [0.3, 0.4) is 0 Å². The van der Waals surface area contributed by atoms with Gasteiger partial charge in [-0.05, 0) is 18.2 Å². The van der Waals surface area contributed by atoms with Gasteiger partial charge in [-0.25, -0.2) is 5.48 Å². The summed E-state index contributed by atoms with van der Waals surface area (Å²) in [5.74, 6) is 0.392. The van der Waals surface area contributed by atoms with Crippen molar-refractivity contribution in [2.75, 3.05) is 26.9 Å². The Morgan fingerprint density at radius 3 is 2.89 bits per heavy atom. The normalized spacial score (nSPS) is 10.1. The molecule has 100 valence electrons. The lowest BCUT2D eigenvalue weighted by atomic mass is 10.3.